The van der Waals surface area contributed by atoms with E-state index in [-0.39, 0.29) is 36.2 Å². The van der Waals surface area contributed by atoms with Crippen LogP contribution in [0.15, 0.2) is 51.1 Å². The number of anilines is 1. The summed E-state index contributed by atoms with van der Waals surface area (Å²) >= 11 is 0. The van der Waals surface area contributed by atoms with E-state index in [2.05, 4.69) is 20.5 Å². The molecule has 0 atom stereocenters. The number of aryl methyl sites for hydroxylation is 2. The summed E-state index contributed by atoms with van der Waals surface area (Å²) in [5, 5.41) is 2.61. The molecule has 0 unspecified atom stereocenters. The van der Waals surface area contributed by atoms with Gasteiger partial charge in [0.15, 0.2) is 0 Å². The third kappa shape index (κ3) is 7.10. The molecule has 0 fully saturated rings. The Morgan fingerprint density at radius 2 is 1.97 bits per heavy atom. The molecule has 0 bridgehead atoms. The Morgan fingerprint density at radius 3 is 2.66 bits per heavy atom. The lowest BCUT2D eigenvalue weighted by atomic mass is 10.2. The molecule has 0 aliphatic rings. The van der Waals surface area contributed by atoms with Crippen molar-refractivity contribution in [2.24, 2.45) is 10.7 Å². The third-order valence-corrected chi connectivity index (χ3v) is 5.63. The minimum Gasteiger partial charge on any atom is -0.368 e. The number of sulfonamides is 1. The average molecular weight is 465 g/mol. The van der Waals surface area contributed by atoms with E-state index < -0.39 is 21.5 Å². The van der Waals surface area contributed by atoms with Crippen molar-refractivity contribution in [2.75, 3.05) is 24.4 Å². The molecule has 0 aliphatic heterocycles. The lowest BCUT2D eigenvalue weighted by molar-refractivity contribution is -0.122. The van der Waals surface area contributed by atoms with Crippen LogP contribution in [-0.4, -0.2) is 44.5 Å². The number of aliphatic imine (C=N–C) groups is 1. The second kappa shape index (κ2) is 11.3. The van der Waals surface area contributed by atoms with Gasteiger partial charge in [-0.15, -0.1) is 0 Å². The Hall–Kier alpha value is -3.38. The van der Waals surface area contributed by atoms with Gasteiger partial charge in [-0.25, -0.2) is 13.9 Å². The number of nitrogens with two attached hydrogens (primary N) is 1. The first-order valence-corrected chi connectivity index (χ1v) is 11.4. The highest BCUT2D eigenvalue weighted by Crippen LogP contribution is 2.15. The molecule has 1 aromatic carbocycles. The maximum absolute atomic E-state index is 12.8. The van der Waals surface area contributed by atoms with Gasteiger partial charge in [0.25, 0.3) is 15.6 Å². The molecule has 2 aromatic rings. The van der Waals surface area contributed by atoms with Crippen molar-refractivity contribution in [2.45, 2.75) is 32.2 Å². The number of hydrogen-bond donors (Lipinski definition) is 4. The van der Waals surface area contributed by atoms with Crippen molar-refractivity contribution in [1.29, 1.82) is 0 Å². The van der Waals surface area contributed by atoms with Gasteiger partial charge in [-0.3, -0.25) is 24.1 Å². The van der Waals surface area contributed by atoms with Gasteiger partial charge >= 0.3 is 0 Å². The summed E-state index contributed by atoms with van der Waals surface area (Å²) in [6.45, 7) is 5.75. The molecule has 32 heavy (non-hydrogen) atoms. The number of benzene rings is 1. The van der Waals surface area contributed by atoms with E-state index in [0.29, 0.717) is 12.2 Å². The normalized spacial score (nSPS) is 11.8. The SMILES string of the molecule is CCN=C(N)NOCCNC(=O)Cn1c(C)ccc(NS(=O)(=O)c2cccc(C)c2)c1=O. The Kier molecular flexibility index (Phi) is 8.79. The molecule has 11 nitrogen and oxygen atoms in total. The van der Waals surface area contributed by atoms with E-state index in [1.807, 2.05) is 6.92 Å². The fourth-order valence-corrected chi connectivity index (χ4v) is 3.86. The van der Waals surface area contributed by atoms with Crippen LogP contribution in [-0.2, 0) is 26.2 Å². The summed E-state index contributed by atoms with van der Waals surface area (Å²) in [6.07, 6.45) is 0. The summed E-state index contributed by atoms with van der Waals surface area (Å²) in [4.78, 5) is 34.0. The zero-order valence-corrected chi connectivity index (χ0v) is 19.0. The topological polar surface area (TPSA) is 157 Å². The molecule has 1 heterocycles. The summed E-state index contributed by atoms with van der Waals surface area (Å²) in [5.41, 5.74) is 8.43. The number of hydrogen-bond acceptors (Lipinski definition) is 6. The summed E-state index contributed by atoms with van der Waals surface area (Å²) in [5.74, 6) is -0.307. The number of nitrogens with zero attached hydrogens (tertiary/aromatic N) is 2. The zero-order valence-electron chi connectivity index (χ0n) is 18.2. The molecule has 0 aliphatic carbocycles. The summed E-state index contributed by atoms with van der Waals surface area (Å²) < 4.78 is 28.8. The molecule has 0 radical (unpaired) electrons. The molecule has 174 valence electrons. The fourth-order valence-electron chi connectivity index (χ4n) is 2.70. The Labute approximate surface area is 186 Å². The van der Waals surface area contributed by atoms with Gasteiger partial charge in [0.2, 0.25) is 11.9 Å². The van der Waals surface area contributed by atoms with E-state index in [4.69, 9.17) is 10.6 Å². The van der Waals surface area contributed by atoms with E-state index >= 15 is 0 Å². The number of pyridine rings is 1. The van der Waals surface area contributed by atoms with Crippen molar-refractivity contribution in [3.63, 3.8) is 0 Å². The molecule has 12 heteroatoms. The van der Waals surface area contributed by atoms with Gasteiger partial charge < -0.3 is 15.6 Å². The highest BCUT2D eigenvalue weighted by Gasteiger charge is 2.18. The van der Waals surface area contributed by atoms with Crippen LogP contribution in [0.5, 0.6) is 0 Å². The average Bonchev–Trinajstić information content (AvgIpc) is 2.73. The number of hydroxylamine groups is 1. The summed E-state index contributed by atoms with van der Waals surface area (Å²) in [7, 11) is -3.96. The quantitative estimate of drug-likeness (QED) is 0.170. The minimum atomic E-state index is -3.96. The van der Waals surface area contributed by atoms with Crippen LogP contribution in [0.25, 0.3) is 0 Å². The molecular formula is C20H28N6O5S. The van der Waals surface area contributed by atoms with Crippen LogP contribution >= 0.6 is 0 Å². The van der Waals surface area contributed by atoms with Crippen molar-refractivity contribution in [1.82, 2.24) is 15.4 Å². The fraction of sp³-hybridized carbons (Fsp3) is 0.350. The molecule has 0 saturated carbocycles. The van der Waals surface area contributed by atoms with Crippen LogP contribution in [0.2, 0.25) is 0 Å². The lowest BCUT2D eigenvalue weighted by Crippen LogP contribution is -2.38. The molecule has 1 aromatic heterocycles. The molecule has 1 amide bonds. The first-order chi connectivity index (χ1) is 15.1. The second-order valence-corrected chi connectivity index (χ2v) is 8.54. The number of rotatable bonds is 10. The number of aromatic nitrogens is 1. The molecule has 5 N–H and O–H groups in total. The standard InChI is InChI=1S/C20H28N6O5S/c1-4-22-20(21)24-31-11-10-23-18(27)13-26-15(3)8-9-17(19(26)28)25-32(29,30)16-7-5-6-14(2)12-16/h5-9,12,25H,4,10-11,13H2,1-3H3,(H,23,27)(H3,21,22,24). The van der Waals surface area contributed by atoms with Crippen LogP contribution in [0, 0.1) is 13.8 Å². The van der Waals surface area contributed by atoms with Gasteiger partial charge in [0, 0.05) is 18.8 Å². The number of amides is 1. The predicted octanol–water partition coefficient (Wildman–Crippen LogP) is 0.238. The van der Waals surface area contributed by atoms with Crippen molar-refractivity contribution >= 4 is 27.6 Å². The number of carbonyl (C=O) groups excluding carboxylic acids is 1. The lowest BCUT2D eigenvalue weighted by Gasteiger charge is -2.14. The van der Waals surface area contributed by atoms with Crippen LogP contribution in [0.4, 0.5) is 5.69 Å². The Bertz CT molecular complexity index is 1140. The highest BCUT2D eigenvalue weighted by molar-refractivity contribution is 7.92. The van der Waals surface area contributed by atoms with Crippen molar-refractivity contribution in [3.05, 3.63) is 58.0 Å². The van der Waals surface area contributed by atoms with Gasteiger partial charge in [0.1, 0.15) is 12.2 Å². The van der Waals surface area contributed by atoms with Crippen molar-refractivity contribution in [3.8, 4) is 0 Å². The van der Waals surface area contributed by atoms with Crippen LogP contribution in [0.3, 0.4) is 0 Å². The third-order valence-electron chi connectivity index (χ3n) is 4.27. The molecule has 0 spiro atoms. The molecular weight excluding hydrogens is 436 g/mol. The highest BCUT2D eigenvalue weighted by atomic mass is 32.2. The maximum atomic E-state index is 12.8. The van der Waals surface area contributed by atoms with E-state index in [1.165, 1.54) is 22.8 Å². The Balaban J connectivity index is 2.03. The number of nitrogens with one attached hydrogen (secondary N) is 3. The minimum absolute atomic E-state index is 0.0417. The van der Waals surface area contributed by atoms with Crippen LogP contribution in [0.1, 0.15) is 18.2 Å². The van der Waals surface area contributed by atoms with E-state index in [1.54, 1.807) is 32.0 Å². The monoisotopic (exact) mass is 464 g/mol. The first-order valence-electron chi connectivity index (χ1n) is 9.88. The maximum Gasteiger partial charge on any atom is 0.275 e. The molecule has 0 saturated heterocycles. The van der Waals surface area contributed by atoms with Gasteiger partial charge in [-0.1, -0.05) is 12.1 Å². The summed E-state index contributed by atoms with van der Waals surface area (Å²) in [6, 6.07) is 9.26. The molecule has 2 rings (SSSR count). The first kappa shape index (κ1) is 24.9. The van der Waals surface area contributed by atoms with E-state index in [0.717, 1.165) is 5.56 Å². The number of guanidine groups is 1. The smallest absolute Gasteiger partial charge is 0.275 e. The second-order valence-electron chi connectivity index (χ2n) is 6.86. The van der Waals surface area contributed by atoms with E-state index in [9.17, 15) is 18.0 Å². The van der Waals surface area contributed by atoms with Gasteiger partial charge in [-0.05, 0) is 50.6 Å². The largest absolute Gasteiger partial charge is 0.368 e. The predicted molar refractivity (Wildman–Crippen MR) is 122 cm³/mol. The Morgan fingerprint density at radius 1 is 1.22 bits per heavy atom. The van der Waals surface area contributed by atoms with Gasteiger partial charge in [-0.2, -0.15) is 0 Å². The number of carbonyl (C=O) groups is 1. The van der Waals surface area contributed by atoms with Crippen molar-refractivity contribution < 1.29 is 18.0 Å². The van der Waals surface area contributed by atoms with Gasteiger partial charge in [0.05, 0.1) is 11.5 Å². The zero-order chi connectivity index (χ0) is 23.7. The van der Waals surface area contributed by atoms with Crippen LogP contribution < -0.4 is 26.8 Å².